The molecule has 2 aromatic carbocycles. The van der Waals surface area contributed by atoms with E-state index in [-0.39, 0.29) is 6.61 Å². The number of fused-ring (bicyclic) bond motifs is 1. The second-order valence-electron chi connectivity index (χ2n) is 7.28. The highest BCUT2D eigenvalue weighted by Crippen LogP contribution is 2.30. The Bertz CT molecular complexity index is 1160. The number of halogens is 1. The van der Waals surface area contributed by atoms with Crippen molar-refractivity contribution in [1.82, 2.24) is 15.3 Å². The van der Waals surface area contributed by atoms with E-state index in [0.717, 1.165) is 22.2 Å². The molecule has 2 aromatic heterocycles. The van der Waals surface area contributed by atoms with Gasteiger partial charge in [0, 0.05) is 42.9 Å². The molecule has 0 spiro atoms. The number of rotatable bonds is 7. The molecular formula is C25H24ClN3O. The fraction of sp³-hybridized carbons (Fsp3) is 0.200. The summed E-state index contributed by atoms with van der Waals surface area (Å²) in [4.78, 5) is 9.30. The monoisotopic (exact) mass is 417 g/mol. The first-order valence-electron chi connectivity index (χ1n) is 10.1. The topological polar surface area (TPSA) is 58.0 Å². The first-order chi connectivity index (χ1) is 14.7. The van der Waals surface area contributed by atoms with E-state index in [2.05, 4.69) is 64.7 Å². The van der Waals surface area contributed by atoms with Crippen molar-refractivity contribution in [3.8, 4) is 11.1 Å². The van der Waals surface area contributed by atoms with Crippen LogP contribution in [0.2, 0.25) is 5.02 Å². The van der Waals surface area contributed by atoms with E-state index in [0.29, 0.717) is 24.5 Å². The maximum atomic E-state index is 8.96. The number of aliphatic hydroxyl groups excluding tert-OH is 1. The summed E-state index contributed by atoms with van der Waals surface area (Å²) in [7, 11) is 0. The van der Waals surface area contributed by atoms with E-state index in [4.69, 9.17) is 16.7 Å². The molecule has 30 heavy (non-hydrogen) atoms. The summed E-state index contributed by atoms with van der Waals surface area (Å²) in [5.74, 6) is 0. The number of pyridine rings is 2. The van der Waals surface area contributed by atoms with Gasteiger partial charge in [-0.1, -0.05) is 60.1 Å². The molecule has 2 N–H and O–H groups in total. The number of aromatic nitrogens is 2. The summed E-state index contributed by atoms with van der Waals surface area (Å²) in [5, 5.41) is 13.7. The molecule has 5 heteroatoms. The third-order valence-corrected chi connectivity index (χ3v) is 5.81. The zero-order valence-electron chi connectivity index (χ0n) is 16.9. The highest BCUT2D eigenvalue weighted by Gasteiger charge is 2.13. The zero-order valence-corrected chi connectivity index (χ0v) is 17.7. The van der Waals surface area contributed by atoms with E-state index in [1.807, 2.05) is 12.1 Å². The van der Waals surface area contributed by atoms with Crippen molar-refractivity contribution in [3.05, 3.63) is 94.4 Å². The maximum Gasteiger partial charge on any atom is 0.0935 e. The summed E-state index contributed by atoms with van der Waals surface area (Å²) in [6.07, 6.45) is 4.29. The lowest BCUT2D eigenvalue weighted by Gasteiger charge is -2.13. The van der Waals surface area contributed by atoms with Gasteiger partial charge in [0.05, 0.1) is 22.8 Å². The maximum absolute atomic E-state index is 8.96. The van der Waals surface area contributed by atoms with Crippen molar-refractivity contribution >= 4 is 22.5 Å². The van der Waals surface area contributed by atoms with E-state index >= 15 is 0 Å². The Labute approximate surface area is 181 Å². The minimum absolute atomic E-state index is 0.0914. The van der Waals surface area contributed by atoms with Crippen molar-refractivity contribution in [2.45, 2.75) is 19.9 Å². The van der Waals surface area contributed by atoms with Crippen molar-refractivity contribution in [2.24, 2.45) is 0 Å². The Morgan fingerprint density at radius 1 is 0.967 bits per heavy atom. The molecule has 0 aliphatic carbocycles. The predicted octanol–water partition coefficient (Wildman–Crippen LogP) is 4.93. The largest absolute Gasteiger partial charge is 0.395 e. The lowest BCUT2D eigenvalue weighted by molar-refractivity contribution is 0.292. The van der Waals surface area contributed by atoms with Gasteiger partial charge in [-0.3, -0.25) is 9.97 Å². The Kier molecular flexibility index (Phi) is 6.38. The summed E-state index contributed by atoms with van der Waals surface area (Å²) in [6, 6.07) is 18.7. The van der Waals surface area contributed by atoms with Crippen LogP contribution >= 0.6 is 11.6 Å². The molecule has 0 bridgehead atoms. The number of hydrogen-bond acceptors (Lipinski definition) is 4. The van der Waals surface area contributed by atoms with Crippen molar-refractivity contribution in [2.75, 3.05) is 13.2 Å². The number of benzene rings is 2. The van der Waals surface area contributed by atoms with E-state index in [1.54, 1.807) is 12.4 Å². The average molecular weight is 418 g/mol. The van der Waals surface area contributed by atoms with Gasteiger partial charge in [0.2, 0.25) is 0 Å². The van der Waals surface area contributed by atoms with Crippen LogP contribution in [0.3, 0.4) is 0 Å². The molecule has 0 amide bonds. The van der Waals surface area contributed by atoms with Gasteiger partial charge < -0.3 is 10.4 Å². The quantitative estimate of drug-likeness (QED) is 0.418. The summed E-state index contributed by atoms with van der Waals surface area (Å²) >= 11 is 6.66. The molecule has 0 aliphatic rings. The Morgan fingerprint density at radius 3 is 2.60 bits per heavy atom. The van der Waals surface area contributed by atoms with Crippen LogP contribution in [0.5, 0.6) is 0 Å². The molecule has 0 unspecified atom stereocenters. The standard InChI is InChI=1S/C25H24ClN3O/c1-17-19(8-5-9-21(17)18-6-3-2-4-7-18)14-23-25-22(10-11-28-23)24(26)20(16-29-25)15-27-12-13-30/h2-11,16,27,30H,12-15H2,1H3. The Hall–Kier alpha value is -2.79. The summed E-state index contributed by atoms with van der Waals surface area (Å²) in [5.41, 5.74) is 7.58. The molecular weight excluding hydrogens is 394 g/mol. The first kappa shape index (κ1) is 20.5. The van der Waals surface area contributed by atoms with Crippen LogP contribution in [0.4, 0.5) is 0 Å². The van der Waals surface area contributed by atoms with Crippen LogP contribution in [0.25, 0.3) is 22.0 Å². The highest BCUT2D eigenvalue weighted by molar-refractivity contribution is 6.36. The molecule has 4 nitrogen and oxygen atoms in total. The second kappa shape index (κ2) is 9.35. The fourth-order valence-corrected chi connectivity index (χ4v) is 4.00. The van der Waals surface area contributed by atoms with Crippen LogP contribution in [-0.4, -0.2) is 28.2 Å². The molecule has 0 atom stereocenters. The molecule has 2 heterocycles. The van der Waals surface area contributed by atoms with Gasteiger partial charge >= 0.3 is 0 Å². The van der Waals surface area contributed by atoms with Gasteiger partial charge in [0.25, 0.3) is 0 Å². The second-order valence-corrected chi connectivity index (χ2v) is 7.66. The van der Waals surface area contributed by atoms with E-state index < -0.39 is 0 Å². The molecule has 152 valence electrons. The Morgan fingerprint density at radius 2 is 1.80 bits per heavy atom. The third kappa shape index (κ3) is 4.21. The van der Waals surface area contributed by atoms with E-state index in [1.165, 1.54) is 22.3 Å². The van der Waals surface area contributed by atoms with Gasteiger partial charge in [-0.15, -0.1) is 0 Å². The number of nitrogens with zero attached hydrogens (tertiary/aromatic N) is 2. The minimum atomic E-state index is 0.0914. The third-order valence-electron chi connectivity index (χ3n) is 5.36. The normalized spacial score (nSPS) is 11.2. The molecule has 0 aliphatic heterocycles. The molecule has 0 fully saturated rings. The lowest BCUT2D eigenvalue weighted by atomic mass is 9.94. The summed E-state index contributed by atoms with van der Waals surface area (Å²) in [6.45, 7) is 3.34. The fourth-order valence-electron chi connectivity index (χ4n) is 3.73. The lowest BCUT2D eigenvalue weighted by Crippen LogP contribution is -2.17. The van der Waals surface area contributed by atoms with Crippen LogP contribution in [-0.2, 0) is 13.0 Å². The SMILES string of the molecule is Cc1c(Cc2nccc3c(Cl)c(CNCCO)cnc23)cccc1-c1ccccc1. The number of hydrogen-bond donors (Lipinski definition) is 2. The van der Waals surface area contributed by atoms with Gasteiger partial charge in [-0.05, 0) is 35.2 Å². The van der Waals surface area contributed by atoms with E-state index in [9.17, 15) is 0 Å². The van der Waals surface area contributed by atoms with Crippen LogP contribution < -0.4 is 5.32 Å². The highest BCUT2D eigenvalue weighted by atomic mass is 35.5. The van der Waals surface area contributed by atoms with Crippen LogP contribution in [0.1, 0.15) is 22.4 Å². The van der Waals surface area contributed by atoms with Gasteiger partial charge in [0.15, 0.2) is 0 Å². The van der Waals surface area contributed by atoms with Crippen LogP contribution in [0, 0.1) is 6.92 Å². The Balaban J connectivity index is 1.69. The molecule has 0 radical (unpaired) electrons. The minimum Gasteiger partial charge on any atom is -0.395 e. The molecule has 0 saturated heterocycles. The molecule has 0 saturated carbocycles. The van der Waals surface area contributed by atoms with Gasteiger partial charge in [-0.2, -0.15) is 0 Å². The molecule has 4 rings (SSSR count). The summed E-state index contributed by atoms with van der Waals surface area (Å²) < 4.78 is 0. The van der Waals surface area contributed by atoms with Crippen LogP contribution in [0.15, 0.2) is 67.0 Å². The predicted molar refractivity (Wildman–Crippen MR) is 123 cm³/mol. The smallest absolute Gasteiger partial charge is 0.0935 e. The van der Waals surface area contributed by atoms with Crippen molar-refractivity contribution < 1.29 is 5.11 Å². The zero-order chi connectivity index (χ0) is 20.9. The van der Waals surface area contributed by atoms with Crippen molar-refractivity contribution in [1.29, 1.82) is 0 Å². The van der Waals surface area contributed by atoms with Gasteiger partial charge in [-0.25, -0.2) is 0 Å². The number of aliphatic hydroxyl groups is 1. The van der Waals surface area contributed by atoms with Gasteiger partial charge in [0.1, 0.15) is 0 Å². The number of nitrogens with one attached hydrogen (secondary N) is 1. The molecule has 4 aromatic rings. The average Bonchev–Trinajstić information content (AvgIpc) is 2.78. The first-order valence-corrected chi connectivity index (χ1v) is 10.4. The van der Waals surface area contributed by atoms with Crippen molar-refractivity contribution in [3.63, 3.8) is 0 Å².